The number of carbonyl (C=O) groups is 2. The van der Waals surface area contributed by atoms with Crippen molar-refractivity contribution in [1.29, 1.82) is 0 Å². The monoisotopic (exact) mass is 428 g/mol. The Labute approximate surface area is 184 Å². The lowest BCUT2D eigenvalue weighted by Gasteiger charge is -2.15. The van der Waals surface area contributed by atoms with Gasteiger partial charge in [-0.05, 0) is 47.5 Å². The number of benzene rings is 3. The van der Waals surface area contributed by atoms with Gasteiger partial charge < -0.3 is 16.0 Å². The highest BCUT2D eigenvalue weighted by atomic mass is 19.1. The van der Waals surface area contributed by atoms with Gasteiger partial charge in [0.25, 0.3) is 11.8 Å². The van der Waals surface area contributed by atoms with Crippen LogP contribution in [0.15, 0.2) is 72.9 Å². The number of para-hydroxylation sites is 1. The van der Waals surface area contributed by atoms with Crippen LogP contribution in [-0.2, 0) is 0 Å². The van der Waals surface area contributed by atoms with Gasteiger partial charge in [-0.2, -0.15) is 0 Å². The summed E-state index contributed by atoms with van der Waals surface area (Å²) in [6, 6.07) is 18.8. The second kappa shape index (κ2) is 8.85. The summed E-state index contributed by atoms with van der Waals surface area (Å²) >= 11 is 0. The Bertz CT molecular complexity index is 1340. The third-order valence-corrected chi connectivity index (χ3v) is 5.09. The number of hydrogen-bond acceptors (Lipinski definition) is 4. The SMILES string of the molecule is CNC(=O)c1cnc(Nc2ccccc2C)c(NC(=O)c2cc(F)cc3ccccc23)c1. The number of aryl methyl sites for hydroxylation is 1. The molecule has 4 aromatic rings. The third kappa shape index (κ3) is 4.27. The highest BCUT2D eigenvalue weighted by Crippen LogP contribution is 2.28. The molecule has 0 saturated heterocycles. The zero-order chi connectivity index (χ0) is 22.7. The average molecular weight is 428 g/mol. The summed E-state index contributed by atoms with van der Waals surface area (Å²) in [4.78, 5) is 29.6. The Balaban J connectivity index is 1.75. The number of halogens is 1. The maximum atomic E-state index is 14.2. The number of aromatic nitrogens is 1. The summed E-state index contributed by atoms with van der Waals surface area (Å²) in [6.45, 7) is 1.94. The molecule has 32 heavy (non-hydrogen) atoms. The molecule has 0 saturated carbocycles. The van der Waals surface area contributed by atoms with Crippen LogP contribution in [0.3, 0.4) is 0 Å². The van der Waals surface area contributed by atoms with E-state index in [0.29, 0.717) is 22.3 Å². The van der Waals surface area contributed by atoms with E-state index in [0.717, 1.165) is 11.3 Å². The van der Waals surface area contributed by atoms with Gasteiger partial charge in [0, 0.05) is 18.9 Å². The molecule has 0 atom stereocenters. The average Bonchev–Trinajstić information content (AvgIpc) is 2.80. The molecule has 0 aliphatic rings. The van der Waals surface area contributed by atoms with E-state index in [1.165, 1.54) is 31.4 Å². The first-order chi connectivity index (χ1) is 15.5. The Hall–Kier alpha value is -4.26. The molecule has 0 aliphatic carbocycles. The smallest absolute Gasteiger partial charge is 0.256 e. The predicted molar refractivity (Wildman–Crippen MR) is 124 cm³/mol. The standard InChI is InChI=1S/C25H21FN4O2/c1-15-7-3-6-10-21(15)29-23-22(12-17(14-28-23)24(31)27-2)30-25(32)20-13-18(26)11-16-8-4-5-9-19(16)20/h3-14H,1-2H3,(H,27,31)(H,28,29)(H,30,32). The van der Waals surface area contributed by atoms with E-state index >= 15 is 0 Å². The molecule has 4 rings (SSSR count). The van der Waals surface area contributed by atoms with Gasteiger partial charge in [0.05, 0.1) is 16.8 Å². The van der Waals surface area contributed by atoms with Crippen molar-refractivity contribution in [2.75, 3.05) is 17.7 Å². The zero-order valence-corrected chi connectivity index (χ0v) is 17.6. The van der Waals surface area contributed by atoms with Crippen molar-refractivity contribution >= 4 is 39.8 Å². The van der Waals surface area contributed by atoms with Gasteiger partial charge in [-0.1, -0.05) is 42.5 Å². The molecule has 7 heteroatoms. The number of rotatable bonds is 5. The van der Waals surface area contributed by atoms with Crippen LogP contribution in [0.25, 0.3) is 10.8 Å². The number of pyridine rings is 1. The second-order valence-electron chi connectivity index (χ2n) is 7.27. The molecule has 0 aliphatic heterocycles. The maximum absolute atomic E-state index is 14.2. The zero-order valence-electron chi connectivity index (χ0n) is 17.6. The van der Waals surface area contributed by atoms with Crippen molar-refractivity contribution in [2.24, 2.45) is 0 Å². The molecular weight excluding hydrogens is 407 g/mol. The van der Waals surface area contributed by atoms with Crippen LogP contribution in [0, 0.1) is 12.7 Å². The summed E-state index contributed by atoms with van der Waals surface area (Å²) in [5.41, 5.74) is 2.56. The van der Waals surface area contributed by atoms with E-state index in [1.54, 1.807) is 24.3 Å². The molecule has 3 aromatic carbocycles. The van der Waals surface area contributed by atoms with Crippen LogP contribution >= 0.6 is 0 Å². The molecule has 1 aromatic heterocycles. The molecule has 1 heterocycles. The molecule has 3 N–H and O–H groups in total. The van der Waals surface area contributed by atoms with Crippen molar-refractivity contribution in [3.63, 3.8) is 0 Å². The molecule has 0 spiro atoms. The van der Waals surface area contributed by atoms with E-state index < -0.39 is 11.7 Å². The van der Waals surface area contributed by atoms with Gasteiger partial charge in [0.2, 0.25) is 0 Å². The molecule has 0 fully saturated rings. The first-order valence-corrected chi connectivity index (χ1v) is 10.0. The third-order valence-electron chi connectivity index (χ3n) is 5.09. The highest BCUT2D eigenvalue weighted by molar-refractivity contribution is 6.14. The number of nitrogens with zero attached hydrogens (tertiary/aromatic N) is 1. The Morgan fingerprint density at radius 2 is 1.66 bits per heavy atom. The van der Waals surface area contributed by atoms with Gasteiger partial charge in [-0.3, -0.25) is 9.59 Å². The Kier molecular flexibility index (Phi) is 5.81. The first-order valence-electron chi connectivity index (χ1n) is 10.0. The Morgan fingerprint density at radius 1 is 0.906 bits per heavy atom. The van der Waals surface area contributed by atoms with Crippen LogP contribution in [0.2, 0.25) is 0 Å². The van der Waals surface area contributed by atoms with Crippen molar-refractivity contribution in [2.45, 2.75) is 6.92 Å². The summed E-state index contributed by atoms with van der Waals surface area (Å²) in [6.07, 6.45) is 1.42. The molecule has 0 bridgehead atoms. The lowest BCUT2D eigenvalue weighted by Crippen LogP contribution is -2.20. The number of nitrogens with one attached hydrogen (secondary N) is 3. The van der Waals surface area contributed by atoms with E-state index in [2.05, 4.69) is 20.9 Å². The van der Waals surface area contributed by atoms with Gasteiger partial charge >= 0.3 is 0 Å². The lowest BCUT2D eigenvalue weighted by molar-refractivity contribution is 0.0961. The van der Waals surface area contributed by atoms with Gasteiger partial charge in [0.15, 0.2) is 5.82 Å². The number of amides is 2. The quantitative estimate of drug-likeness (QED) is 0.416. The van der Waals surface area contributed by atoms with Crippen molar-refractivity contribution in [1.82, 2.24) is 10.3 Å². The van der Waals surface area contributed by atoms with E-state index in [4.69, 9.17) is 0 Å². The van der Waals surface area contributed by atoms with Crippen LogP contribution < -0.4 is 16.0 Å². The number of fused-ring (bicyclic) bond motifs is 1. The molecular formula is C25H21FN4O2. The molecule has 6 nitrogen and oxygen atoms in total. The minimum atomic E-state index is -0.510. The van der Waals surface area contributed by atoms with Gasteiger partial charge in [-0.15, -0.1) is 0 Å². The predicted octanol–water partition coefficient (Wildman–Crippen LogP) is 5.04. The van der Waals surface area contributed by atoms with Crippen LogP contribution in [0.4, 0.5) is 21.6 Å². The highest BCUT2D eigenvalue weighted by Gasteiger charge is 2.17. The summed E-state index contributed by atoms with van der Waals surface area (Å²) in [5, 5.41) is 9.77. The number of carbonyl (C=O) groups excluding carboxylic acids is 2. The van der Waals surface area contributed by atoms with Gasteiger partial charge in [-0.25, -0.2) is 9.37 Å². The topological polar surface area (TPSA) is 83.1 Å². The number of anilines is 3. The Morgan fingerprint density at radius 3 is 2.44 bits per heavy atom. The molecule has 2 amide bonds. The van der Waals surface area contributed by atoms with Crippen LogP contribution in [-0.4, -0.2) is 23.8 Å². The van der Waals surface area contributed by atoms with Crippen molar-refractivity contribution in [3.8, 4) is 0 Å². The van der Waals surface area contributed by atoms with E-state index in [9.17, 15) is 14.0 Å². The van der Waals surface area contributed by atoms with E-state index in [1.807, 2.05) is 31.2 Å². The molecule has 0 radical (unpaired) electrons. The summed E-state index contributed by atoms with van der Waals surface area (Å²) in [5.74, 6) is -0.999. The fraction of sp³-hybridized carbons (Fsp3) is 0.0800. The summed E-state index contributed by atoms with van der Waals surface area (Å²) in [7, 11) is 1.51. The molecule has 160 valence electrons. The van der Waals surface area contributed by atoms with Gasteiger partial charge in [0.1, 0.15) is 5.82 Å². The maximum Gasteiger partial charge on any atom is 0.256 e. The second-order valence-corrected chi connectivity index (χ2v) is 7.27. The van der Waals surface area contributed by atoms with Crippen molar-refractivity contribution in [3.05, 3.63) is 95.4 Å². The summed E-state index contributed by atoms with van der Waals surface area (Å²) < 4.78 is 14.2. The normalized spacial score (nSPS) is 10.6. The fourth-order valence-electron chi connectivity index (χ4n) is 3.42. The van der Waals surface area contributed by atoms with E-state index in [-0.39, 0.29) is 17.0 Å². The van der Waals surface area contributed by atoms with Crippen LogP contribution in [0.5, 0.6) is 0 Å². The van der Waals surface area contributed by atoms with Crippen LogP contribution in [0.1, 0.15) is 26.3 Å². The number of hydrogen-bond donors (Lipinski definition) is 3. The fourth-order valence-corrected chi connectivity index (χ4v) is 3.42. The minimum absolute atomic E-state index is 0.188. The molecule has 0 unspecified atom stereocenters. The first kappa shape index (κ1) is 21.0. The largest absolute Gasteiger partial charge is 0.355 e. The minimum Gasteiger partial charge on any atom is -0.355 e. The lowest BCUT2D eigenvalue weighted by atomic mass is 10.0. The van der Waals surface area contributed by atoms with Crippen molar-refractivity contribution < 1.29 is 14.0 Å².